The lowest BCUT2D eigenvalue weighted by atomic mass is 9.89. The number of alkyl halides is 3. The first-order valence-electron chi connectivity index (χ1n) is 13.2. The lowest BCUT2D eigenvalue weighted by Gasteiger charge is -2.24. The average molecular weight is 576 g/mol. The summed E-state index contributed by atoms with van der Waals surface area (Å²) >= 11 is 0. The van der Waals surface area contributed by atoms with Gasteiger partial charge in [0, 0.05) is 8.07 Å². The molecule has 0 radical (unpaired) electrons. The number of halogens is 3. The summed E-state index contributed by atoms with van der Waals surface area (Å²) in [5, 5.41) is 7.59. The second-order valence-electron chi connectivity index (χ2n) is 11.3. The molecule has 1 saturated carbocycles. The minimum absolute atomic E-state index is 0.0327. The second kappa shape index (κ2) is 11.9. The van der Waals surface area contributed by atoms with Gasteiger partial charge in [-0.15, -0.1) is 5.10 Å². The molecule has 0 unspecified atom stereocenters. The molecule has 1 heterocycles. The van der Waals surface area contributed by atoms with Gasteiger partial charge in [-0.1, -0.05) is 55.2 Å². The Morgan fingerprint density at radius 2 is 1.75 bits per heavy atom. The summed E-state index contributed by atoms with van der Waals surface area (Å²) in [4.78, 5) is 39.5. The van der Waals surface area contributed by atoms with Crippen molar-refractivity contribution in [1.29, 1.82) is 0 Å². The van der Waals surface area contributed by atoms with E-state index in [1.165, 1.54) is 0 Å². The zero-order valence-corrected chi connectivity index (χ0v) is 23.6. The summed E-state index contributed by atoms with van der Waals surface area (Å²) in [6, 6.07) is 12.6. The summed E-state index contributed by atoms with van der Waals surface area (Å²) in [5.74, 6) is -3.29. The van der Waals surface area contributed by atoms with Gasteiger partial charge in [-0.2, -0.15) is 13.2 Å². The van der Waals surface area contributed by atoms with Crippen LogP contribution < -0.4 is 5.56 Å². The number of fused-ring (bicyclic) bond motifs is 1. The standard InChI is InChI=1S/C28H32F3N3O5Si/c1-40(2,3)14-13-38-27(37)24-19(9-11-21(24)26(36)39-17-18-7-5-4-6-8-18)16-34-25(35)22-15-20(28(29,30)31)10-12-23(22)32-33-34/h4-8,10,12,15,19,21,24H,9,11,13-14,16-17H2,1-3H3/t19-,21-,24-/m0/s1. The number of esters is 2. The van der Waals surface area contributed by atoms with E-state index < -0.39 is 55.1 Å². The number of hydrogen-bond donors (Lipinski definition) is 0. The van der Waals surface area contributed by atoms with E-state index in [0.29, 0.717) is 12.8 Å². The highest BCUT2D eigenvalue weighted by Gasteiger charge is 2.47. The van der Waals surface area contributed by atoms with E-state index in [-0.39, 0.29) is 30.7 Å². The Morgan fingerprint density at radius 3 is 2.42 bits per heavy atom. The molecular formula is C28H32F3N3O5Si. The highest BCUT2D eigenvalue weighted by atomic mass is 28.3. The number of ether oxygens (including phenoxy) is 2. The Labute approximate surface area is 230 Å². The largest absolute Gasteiger partial charge is 0.466 e. The predicted molar refractivity (Wildman–Crippen MR) is 144 cm³/mol. The van der Waals surface area contributed by atoms with Gasteiger partial charge in [0.05, 0.1) is 35.9 Å². The van der Waals surface area contributed by atoms with E-state index in [1.807, 2.05) is 30.3 Å². The number of hydrogen-bond acceptors (Lipinski definition) is 7. The number of aromatic nitrogens is 3. The van der Waals surface area contributed by atoms with Gasteiger partial charge < -0.3 is 9.47 Å². The van der Waals surface area contributed by atoms with Crippen molar-refractivity contribution in [2.45, 2.75) is 57.9 Å². The third-order valence-electron chi connectivity index (χ3n) is 7.14. The molecule has 214 valence electrons. The zero-order chi connectivity index (χ0) is 29.1. The Bertz CT molecular complexity index is 1420. The highest BCUT2D eigenvalue weighted by molar-refractivity contribution is 6.76. The number of rotatable bonds is 9. The van der Waals surface area contributed by atoms with E-state index in [0.717, 1.165) is 34.5 Å². The van der Waals surface area contributed by atoms with Gasteiger partial charge in [0.15, 0.2) is 0 Å². The minimum Gasteiger partial charge on any atom is -0.466 e. The predicted octanol–water partition coefficient (Wildman–Crippen LogP) is 5.08. The van der Waals surface area contributed by atoms with E-state index >= 15 is 0 Å². The van der Waals surface area contributed by atoms with Crippen LogP contribution in [-0.4, -0.2) is 41.6 Å². The molecule has 3 atom stereocenters. The van der Waals surface area contributed by atoms with Gasteiger partial charge in [-0.25, -0.2) is 4.68 Å². The van der Waals surface area contributed by atoms with E-state index in [9.17, 15) is 27.6 Å². The third-order valence-corrected chi connectivity index (χ3v) is 8.85. The van der Waals surface area contributed by atoms with Crippen LogP contribution in [0.25, 0.3) is 10.9 Å². The van der Waals surface area contributed by atoms with Crippen molar-refractivity contribution in [2.24, 2.45) is 17.8 Å². The van der Waals surface area contributed by atoms with Gasteiger partial charge in [0.2, 0.25) is 0 Å². The second-order valence-corrected chi connectivity index (χ2v) is 17.0. The van der Waals surface area contributed by atoms with Crippen LogP contribution in [0.3, 0.4) is 0 Å². The molecule has 2 aromatic carbocycles. The fraction of sp³-hybridized carbons (Fsp3) is 0.464. The summed E-state index contributed by atoms with van der Waals surface area (Å²) in [7, 11) is -1.49. The maximum Gasteiger partial charge on any atom is 0.416 e. The maximum atomic E-state index is 13.3. The normalized spacial score (nSPS) is 19.5. The molecule has 0 amide bonds. The molecule has 0 bridgehead atoms. The van der Waals surface area contributed by atoms with E-state index in [2.05, 4.69) is 30.0 Å². The van der Waals surface area contributed by atoms with Crippen molar-refractivity contribution >= 4 is 30.9 Å². The van der Waals surface area contributed by atoms with Crippen LogP contribution in [0.1, 0.15) is 24.0 Å². The monoisotopic (exact) mass is 575 g/mol. The van der Waals surface area contributed by atoms with Crippen molar-refractivity contribution in [3.05, 3.63) is 70.0 Å². The van der Waals surface area contributed by atoms with Gasteiger partial charge >= 0.3 is 18.1 Å². The summed E-state index contributed by atoms with van der Waals surface area (Å²) in [5.41, 5.74) is -0.888. The number of nitrogens with zero attached hydrogens (tertiary/aromatic N) is 3. The van der Waals surface area contributed by atoms with Crippen LogP contribution in [-0.2, 0) is 38.4 Å². The first-order chi connectivity index (χ1) is 18.8. The molecule has 1 aliphatic rings. The molecule has 3 aromatic rings. The van der Waals surface area contributed by atoms with Crippen LogP contribution in [0.15, 0.2) is 53.3 Å². The fourth-order valence-corrected chi connectivity index (χ4v) is 5.61. The smallest absolute Gasteiger partial charge is 0.416 e. The molecule has 0 N–H and O–H groups in total. The van der Waals surface area contributed by atoms with E-state index in [4.69, 9.17) is 9.47 Å². The maximum absolute atomic E-state index is 13.3. The summed E-state index contributed by atoms with van der Waals surface area (Å²) in [6.07, 6.45) is -3.90. The van der Waals surface area contributed by atoms with Gasteiger partial charge in [-0.05, 0) is 48.6 Å². The minimum atomic E-state index is -4.63. The molecule has 0 spiro atoms. The molecule has 1 fully saturated rings. The van der Waals surface area contributed by atoms with Crippen molar-refractivity contribution in [3.63, 3.8) is 0 Å². The molecule has 0 saturated heterocycles. The topological polar surface area (TPSA) is 100 Å². The first kappa shape index (κ1) is 29.4. The first-order valence-corrected chi connectivity index (χ1v) is 16.9. The quantitative estimate of drug-likeness (QED) is 0.259. The molecule has 4 rings (SSSR count). The van der Waals surface area contributed by atoms with Crippen molar-refractivity contribution < 1.29 is 32.2 Å². The molecule has 40 heavy (non-hydrogen) atoms. The van der Waals surface area contributed by atoms with Crippen LogP contribution in [0, 0.1) is 17.8 Å². The molecule has 8 nitrogen and oxygen atoms in total. The molecular weight excluding hydrogens is 543 g/mol. The summed E-state index contributed by atoms with van der Waals surface area (Å²) < 4.78 is 51.8. The van der Waals surface area contributed by atoms with Gasteiger partial charge in [0.1, 0.15) is 12.1 Å². The molecule has 1 aliphatic carbocycles. The lowest BCUT2D eigenvalue weighted by Crippen LogP contribution is -2.36. The van der Waals surface area contributed by atoms with Crippen LogP contribution in [0.4, 0.5) is 13.2 Å². The SMILES string of the molecule is C[Si](C)(C)CCOC(=O)[C@H]1[C@H](Cn2nnc3ccc(C(F)(F)F)cc3c2=O)CC[C@@H]1C(=O)OCc1ccccc1. The Hall–Kier alpha value is -3.54. The highest BCUT2D eigenvalue weighted by Crippen LogP contribution is 2.40. The summed E-state index contributed by atoms with van der Waals surface area (Å²) in [6.45, 7) is 6.62. The van der Waals surface area contributed by atoms with Crippen molar-refractivity contribution in [2.75, 3.05) is 6.61 Å². The van der Waals surface area contributed by atoms with Gasteiger partial charge in [-0.3, -0.25) is 14.4 Å². The third kappa shape index (κ3) is 7.15. The Morgan fingerprint density at radius 1 is 1.02 bits per heavy atom. The van der Waals surface area contributed by atoms with Gasteiger partial charge in [0.25, 0.3) is 5.56 Å². The number of carbonyl (C=O) groups is 2. The molecule has 12 heteroatoms. The Kier molecular flexibility index (Phi) is 8.76. The molecule has 0 aliphatic heterocycles. The average Bonchev–Trinajstić information content (AvgIpc) is 3.32. The number of benzene rings is 2. The Balaban J connectivity index is 1.57. The van der Waals surface area contributed by atoms with Crippen molar-refractivity contribution in [1.82, 2.24) is 15.0 Å². The van der Waals surface area contributed by atoms with Crippen LogP contribution >= 0.6 is 0 Å². The van der Waals surface area contributed by atoms with E-state index in [1.54, 1.807) is 0 Å². The number of carbonyl (C=O) groups excluding carboxylic acids is 2. The van der Waals surface area contributed by atoms with Crippen LogP contribution in [0.2, 0.25) is 25.7 Å². The fourth-order valence-electron chi connectivity index (χ4n) is 4.89. The zero-order valence-electron chi connectivity index (χ0n) is 22.6. The van der Waals surface area contributed by atoms with Crippen LogP contribution in [0.5, 0.6) is 0 Å². The van der Waals surface area contributed by atoms with Crippen molar-refractivity contribution in [3.8, 4) is 0 Å². The molecule has 1 aromatic heterocycles. The lowest BCUT2D eigenvalue weighted by molar-refractivity contribution is -0.161.